The van der Waals surface area contributed by atoms with Gasteiger partial charge < -0.3 is 15.8 Å². The molecule has 2 aliphatic rings. The van der Waals surface area contributed by atoms with Crippen molar-refractivity contribution in [3.05, 3.63) is 0 Å². The Morgan fingerprint density at radius 1 is 1.33 bits per heavy atom. The van der Waals surface area contributed by atoms with Crippen LogP contribution >= 0.6 is 0 Å². The third-order valence-electron chi connectivity index (χ3n) is 3.93. The molecule has 15 heavy (non-hydrogen) atoms. The molecule has 0 radical (unpaired) electrons. The summed E-state index contributed by atoms with van der Waals surface area (Å²) in [5.41, 5.74) is 6.14. The Morgan fingerprint density at radius 3 is 2.67 bits per heavy atom. The molecule has 0 aromatic rings. The summed E-state index contributed by atoms with van der Waals surface area (Å²) in [4.78, 5) is 0. The van der Waals surface area contributed by atoms with Crippen molar-refractivity contribution in [2.24, 2.45) is 11.7 Å². The first-order valence-corrected chi connectivity index (χ1v) is 6.26. The highest BCUT2D eigenvalue weighted by Gasteiger charge is 2.30. The summed E-state index contributed by atoms with van der Waals surface area (Å²) in [7, 11) is 0. The van der Waals surface area contributed by atoms with Gasteiger partial charge in [-0.3, -0.25) is 0 Å². The monoisotopic (exact) mass is 212 g/mol. The number of nitrogens with one attached hydrogen (secondary N) is 1. The zero-order valence-corrected chi connectivity index (χ0v) is 9.80. The largest absolute Gasteiger partial charge is 0.379 e. The lowest BCUT2D eigenvalue weighted by Crippen LogP contribution is -2.45. The molecule has 1 unspecified atom stereocenters. The lowest BCUT2D eigenvalue weighted by Gasteiger charge is -2.30. The van der Waals surface area contributed by atoms with E-state index < -0.39 is 0 Å². The summed E-state index contributed by atoms with van der Waals surface area (Å²) < 4.78 is 5.43. The van der Waals surface area contributed by atoms with Crippen LogP contribution in [0.2, 0.25) is 0 Å². The van der Waals surface area contributed by atoms with E-state index in [9.17, 15) is 0 Å². The van der Waals surface area contributed by atoms with Gasteiger partial charge in [-0.05, 0) is 51.5 Å². The van der Waals surface area contributed by atoms with E-state index in [0.717, 1.165) is 32.1 Å². The molecule has 1 atom stereocenters. The third-order valence-corrected chi connectivity index (χ3v) is 3.93. The molecule has 3 N–H and O–H groups in total. The first kappa shape index (κ1) is 11.4. The van der Waals surface area contributed by atoms with E-state index in [1.54, 1.807) is 0 Å². The molecule has 0 amide bonds. The second kappa shape index (κ2) is 4.81. The second-order valence-corrected chi connectivity index (χ2v) is 5.52. The molecule has 3 nitrogen and oxygen atoms in total. The van der Waals surface area contributed by atoms with E-state index in [4.69, 9.17) is 10.5 Å². The van der Waals surface area contributed by atoms with Crippen molar-refractivity contribution in [1.82, 2.24) is 5.32 Å². The van der Waals surface area contributed by atoms with E-state index in [1.807, 2.05) is 0 Å². The Bertz CT molecular complexity index is 194. The van der Waals surface area contributed by atoms with Gasteiger partial charge in [-0.1, -0.05) is 0 Å². The lowest BCUT2D eigenvalue weighted by molar-refractivity contribution is 0.167. The predicted octanol–water partition coefficient (Wildman–Crippen LogP) is 1.27. The molecular formula is C12H24N2O. The van der Waals surface area contributed by atoms with Crippen LogP contribution in [0, 0.1) is 5.92 Å². The maximum atomic E-state index is 5.90. The van der Waals surface area contributed by atoms with Crippen molar-refractivity contribution in [2.75, 3.05) is 19.8 Å². The van der Waals surface area contributed by atoms with E-state index in [2.05, 4.69) is 12.2 Å². The highest BCUT2D eigenvalue weighted by molar-refractivity contribution is 4.88. The molecule has 2 rings (SSSR count). The number of hydrogen-bond donors (Lipinski definition) is 2. The molecular weight excluding hydrogens is 188 g/mol. The van der Waals surface area contributed by atoms with Crippen molar-refractivity contribution in [3.8, 4) is 0 Å². The first-order chi connectivity index (χ1) is 7.18. The fraction of sp³-hybridized carbons (Fsp3) is 1.00. The minimum absolute atomic E-state index is 0.236. The van der Waals surface area contributed by atoms with Gasteiger partial charge in [0, 0.05) is 18.2 Å². The van der Waals surface area contributed by atoms with Gasteiger partial charge in [-0.15, -0.1) is 0 Å². The summed E-state index contributed by atoms with van der Waals surface area (Å²) in [6.45, 7) is 5.21. The van der Waals surface area contributed by atoms with Gasteiger partial charge in [0.15, 0.2) is 0 Å². The molecule has 0 aromatic carbocycles. The fourth-order valence-corrected chi connectivity index (χ4v) is 2.59. The lowest BCUT2D eigenvalue weighted by atomic mass is 9.86. The van der Waals surface area contributed by atoms with Crippen molar-refractivity contribution >= 4 is 0 Å². The van der Waals surface area contributed by atoms with Crippen molar-refractivity contribution in [3.63, 3.8) is 0 Å². The van der Waals surface area contributed by atoms with Crippen molar-refractivity contribution in [1.29, 1.82) is 0 Å². The van der Waals surface area contributed by atoms with Crippen LogP contribution in [0.25, 0.3) is 0 Å². The van der Waals surface area contributed by atoms with Gasteiger partial charge in [0.25, 0.3) is 0 Å². The summed E-state index contributed by atoms with van der Waals surface area (Å²) >= 11 is 0. The Balaban J connectivity index is 1.69. The molecule has 1 saturated carbocycles. The molecule has 1 saturated heterocycles. The maximum absolute atomic E-state index is 5.90. The minimum Gasteiger partial charge on any atom is -0.379 e. The Kier molecular flexibility index (Phi) is 3.65. The van der Waals surface area contributed by atoms with E-state index in [-0.39, 0.29) is 5.54 Å². The zero-order chi connectivity index (χ0) is 10.7. The average Bonchev–Trinajstić information content (AvgIpc) is 2.65. The summed E-state index contributed by atoms with van der Waals surface area (Å²) in [6, 6.07) is 0.464. The van der Waals surface area contributed by atoms with Crippen LogP contribution in [0.3, 0.4) is 0 Å². The molecule has 0 aromatic heterocycles. The normalized spacial score (nSPS) is 42.0. The van der Waals surface area contributed by atoms with E-state index in [1.165, 1.54) is 25.7 Å². The number of nitrogens with two attached hydrogens (primary N) is 1. The van der Waals surface area contributed by atoms with Crippen LogP contribution in [-0.4, -0.2) is 31.3 Å². The number of rotatable bonds is 3. The molecule has 2 fully saturated rings. The minimum atomic E-state index is 0.236. The quantitative estimate of drug-likeness (QED) is 0.740. The summed E-state index contributed by atoms with van der Waals surface area (Å²) in [6.07, 6.45) is 6.16. The SMILES string of the molecule is CC1(NCC2CCC(N)CC2)CCOC1. The smallest absolute Gasteiger partial charge is 0.0646 e. The summed E-state index contributed by atoms with van der Waals surface area (Å²) in [5.74, 6) is 0.835. The summed E-state index contributed by atoms with van der Waals surface area (Å²) in [5, 5.41) is 3.68. The van der Waals surface area contributed by atoms with Crippen molar-refractivity contribution in [2.45, 2.75) is 50.6 Å². The standard InChI is InChI=1S/C12H24N2O/c1-12(6-7-15-9-12)14-8-10-2-4-11(13)5-3-10/h10-11,14H,2-9,13H2,1H3. The van der Waals surface area contributed by atoms with Crippen LogP contribution < -0.4 is 11.1 Å². The highest BCUT2D eigenvalue weighted by atomic mass is 16.5. The van der Waals surface area contributed by atoms with Gasteiger partial charge in [0.05, 0.1) is 6.61 Å². The van der Waals surface area contributed by atoms with Crippen molar-refractivity contribution < 1.29 is 4.74 Å². The van der Waals surface area contributed by atoms with Gasteiger partial charge in [0.2, 0.25) is 0 Å². The van der Waals surface area contributed by atoms with Crippen LogP contribution in [0.1, 0.15) is 39.0 Å². The molecule has 0 spiro atoms. The molecule has 1 aliphatic carbocycles. The van der Waals surface area contributed by atoms with Gasteiger partial charge >= 0.3 is 0 Å². The van der Waals surface area contributed by atoms with Gasteiger partial charge in [-0.2, -0.15) is 0 Å². The first-order valence-electron chi connectivity index (χ1n) is 6.26. The fourth-order valence-electron chi connectivity index (χ4n) is 2.59. The van der Waals surface area contributed by atoms with Crippen LogP contribution in [-0.2, 0) is 4.74 Å². The van der Waals surface area contributed by atoms with Crippen LogP contribution in [0.4, 0.5) is 0 Å². The molecule has 1 aliphatic heterocycles. The second-order valence-electron chi connectivity index (χ2n) is 5.52. The zero-order valence-electron chi connectivity index (χ0n) is 9.80. The highest BCUT2D eigenvalue weighted by Crippen LogP contribution is 2.24. The molecule has 88 valence electrons. The molecule has 3 heteroatoms. The van der Waals surface area contributed by atoms with Crippen LogP contribution in [0.15, 0.2) is 0 Å². The van der Waals surface area contributed by atoms with Crippen LogP contribution in [0.5, 0.6) is 0 Å². The Labute approximate surface area is 92.7 Å². The molecule has 0 bridgehead atoms. The third kappa shape index (κ3) is 3.16. The van der Waals surface area contributed by atoms with E-state index >= 15 is 0 Å². The number of ether oxygens (including phenoxy) is 1. The Hall–Kier alpha value is -0.120. The predicted molar refractivity (Wildman–Crippen MR) is 61.8 cm³/mol. The molecule has 1 heterocycles. The Morgan fingerprint density at radius 2 is 2.07 bits per heavy atom. The van der Waals surface area contributed by atoms with Gasteiger partial charge in [0.1, 0.15) is 0 Å². The van der Waals surface area contributed by atoms with Gasteiger partial charge in [-0.25, -0.2) is 0 Å². The van der Waals surface area contributed by atoms with E-state index in [0.29, 0.717) is 6.04 Å². The number of hydrogen-bond acceptors (Lipinski definition) is 3. The topological polar surface area (TPSA) is 47.3 Å². The maximum Gasteiger partial charge on any atom is 0.0646 e. The average molecular weight is 212 g/mol.